The van der Waals surface area contributed by atoms with E-state index in [-0.39, 0.29) is 6.42 Å². The molecule has 0 unspecified atom stereocenters. The first kappa shape index (κ1) is 16.8. The van der Waals surface area contributed by atoms with E-state index in [4.69, 9.17) is 4.74 Å². The molecule has 0 spiro atoms. The number of carbonyl (C=O) groups is 1. The molecule has 0 aliphatic carbocycles. The molecule has 0 saturated heterocycles. The number of hydrogen-bond acceptors (Lipinski definition) is 4. The fourth-order valence-corrected chi connectivity index (χ4v) is 2.94. The average Bonchev–Trinajstić information content (AvgIpc) is 2.58. The van der Waals surface area contributed by atoms with Crippen LogP contribution in [-0.2, 0) is 11.2 Å². The zero-order valence-electron chi connectivity index (χ0n) is 14.5. The summed E-state index contributed by atoms with van der Waals surface area (Å²) in [6.07, 6.45) is -0.0971. The molecule has 0 aliphatic heterocycles. The molecule has 0 amide bonds. The standard InChI is InChI=1S/C20H20N2O3/c1-12-8-9-18(25-3)17(10-12)22-20-14-6-4-5-7-16(14)21-13(2)15(20)11-19(23)24/h4-10H,11H2,1-3H3,(H,21,22)(H,23,24). The van der Waals surface area contributed by atoms with Crippen LogP contribution in [0.3, 0.4) is 0 Å². The van der Waals surface area contributed by atoms with Crippen LogP contribution in [0.25, 0.3) is 10.9 Å². The van der Waals surface area contributed by atoms with Gasteiger partial charge in [-0.1, -0.05) is 24.3 Å². The fraction of sp³-hybridized carbons (Fsp3) is 0.200. The van der Waals surface area contributed by atoms with Crippen molar-refractivity contribution in [3.05, 3.63) is 59.3 Å². The Morgan fingerprint density at radius 2 is 1.96 bits per heavy atom. The van der Waals surface area contributed by atoms with Crippen LogP contribution in [0.5, 0.6) is 5.75 Å². The normalized spacial score (nSPS) is 10.7. The minimum Gasteiger partial charge on any atom is -0.495 e. The van der Waals surface area contributed by atoms with Crippen LogP contribution in [0.1, 0.15) is 16.8 Å². The highest BCUT2D eigenvalue weighted by Crippen LogP contribution is 2.35. The van der Waals surface area contributed by atoms with Crippen molar-refractivity contribution in [2.75, 3.05) is 12.4 Å². The van der Waals surface area contributed by atoms with Crippen molar-refractivity contribution >= 4 is 28.2 Å². The lowest BCUT2D eigenvalue weighted by Crippen LogP contribution is -2.08. The largest absolute Gasteiger partial charge is 0.495 e. The summed E-state index contributed by atoms with van der Waals surface area (Å²) in [7, 11) is 1.61. The Kier molecular flexibility index (Phi) is 4.57. The van der Waals surface area contributed by atoms with Gasteiger partial charge in [-0.15, -0.1) is 0 Å². The summed E-state index contributed by atoms with van der Waals surface area (Å²) in [5.41, 5.74) is 4.84. The summed E-state index contributed by atoms with van der Waals surface area (Å²) in [4.78, 5) is 15.9. The molecule has 0 radical (unpaired) electrons. The Labute approximate surface area is 146 Å². The second-order valence-corrected chi connectivity index (χ2v) is 5.97. The Morgan fingerprint density at radius 1 is 1.20 bits per heavy atom. The lowest BCUT2D eigenvalue weighted by atomic mass is 10.0. The molecule has 3 rings (SSSR count). The number of benzene rings is 2. The van der Waals surface area contributed by atoms with Gasteiger partial charge in [0.25, 0.3) is 0 Å². The first-order chi connectivity index (χ1) is 12.0. The third-order valence-corrected chi connectivity index (χ3v) is 4.14. The summed E-state index contributed by atoms with van der Waals surface area (Å²) in [5, 5.41) is 13.6. The summed E-state index contributed by atoms with van der Waals surface area (Å²) in [5.74, 6) is -0.190. The molecule has 1 aromatic heterocycles. The number of carboxylic acids is 1. The molecule has 128 valence electrons. The summed E-state index contributed by atoms with van der Waals surface area (Å²) in [6.45, 7) is 3.84. The van der Waals surface area contributed by atoms with Crippen molar-refractivity contribution in [2.24, 2.45) is 0 Å². The highest BCUT2D eigenvalue weighted by Gasteiger charge is 2.17. The molecular weight excluding hydrogens is 316 g/mol. The van der Waals surface area contributed by atoms with Crippen molar-refractivity contribution in [2.45, 2.75) is 20.3 Å². The molecule has 0 bridgehead atoms. The zero-order valence-corrected chi connectivity index (χ0v) is 14.5. The second kappa shape index (κ2) is 6.81. The molecular formula is C20H20N2O3. The number of para-hydroxylation sites is 1. The average molecular weight is 336 g/mol. The van der Waals surface area contributed by atoms with E-state index in [1.54, 1.807) is 7.11 Å². The van der Waals surface area contributed by atoms with Crippen LogP contribution < -0.4 is 10.1 Å². The van der Waals surface area contributed by atoms with Gasteiger partial charge in [0.05, 0.1) is 30.4 Å². The van der Waals surface area contributed by atoms with Crippen LogP contribution in [0, 0.1) is 13.8 Å². The molecule has 0 saturated carbocycles. The summed E-state index contributed by atoms with van der Waals surface area (Å²) < 4.78 is 5.44. The summed E-state index contributed by atoms with van der Waals surface area (Å²) in [6, 6.07) is 13.5. The number of aryl methyl sites for hydroxylation is 2. The van der Waals surface area contributed by atoms with Crippen molar-refractivity contribution in [3.63, 3.8) is 0 Å². The van der Waals surface area contributed by atoms with E-state index in [0.717, 1.165) is 27.8 Å². The first-order valence-electron chi connectivity index (χ1n) is 8.01. The van der Waals surface area contributed by atoms with E-state index in [1.165, 1.54) is 0 Å². The van der Waals surface area contributed by atoms with E-state index in [9.17, 15) is 9.90 Å². The van der Waals surface area contributed by atoms with E-state index in [1.807, 2.05) is 56.3 Å². The molecule has 0 atom stereocenters. The lowest BCUT2D eigenvalue weighted by Gasteiger charge is -2.18. The van der Waals surface area contributed by atoms with Gasteiger partial charge in [0, 0.05) is 16.6 Å². The Bertz CT molecular complexity index is 951. The molecule has 2 N–H and O–H groups in total. The third-order valence-electron chi connectivity index (χ3n) is 4.14. The predicted octanol–water partition coefficient (Wildman–Crippen LogP) is 4.23. The Hall–Kier alpha value is -3.08. The number of carboxylic acid groups (broad SMARTS) is 1. The number of nitrogens with zero attached hydrogens (tertiary/aromatic N) is 1. The monoisotopic (exact) mass is 336 g/mol. The van der Waals surface area contributed by atoms with Gasteiger partial charge in [-0.3, -0.25) is 9.78 Å². The molecule has 5 nitrogen and oxygen atoms in total. The van der Waals surface area contributed by atoms with Gasteiger partial charge in [0.2, 0.25) is 0 Å². The number of hydrogen-bond donors (Lipinski definition) is 2. The highest BCUT2D eigenvalue weighted by molar-refractivity contribution is 5.97. The quantitative estimate of drug-likeness (QED) is 0.729. The molecule has 0 aliphatic rings. The van der Waals surface area contributed by atoms with Crippen molar-refractivity contribution < 1.29 is 14.6 Å². The maximum absolute atomic E-state index is 11.4. The van der Waals surface area contributed by atoms with Gasteiger partial charge in [0.1, 0.15) is 5.75 Å². The van der Waals surface area contributed by atoms with Crippen LogP contribution >= 0.6 is 0 Å². The molecule has 2 aromatic carbocycles. The fourth-order valence-electron chi connectivity index (χ4n) is 2.94. The van der Waals surface area contributed by atoms with Crippen molar-refractivity contribution in [3.8, 4) is 5.75 Å². The number of fused-ring (bicyclic) bond motifs is 1. The van der Waals surface area contributed by atoms with Crippen LogP contribution in [0.4, 0.5) is 11.4 Å². The van der Waals surface area contributed by atoms with Gasteiger partial charge < -0.3 is 15.2 Å². The van der Waals surface area contributed by atoms with Crippen LogP contribution in [-0.4, -0.2) is 23.2 Å². The van der Waals surface area contributed by atoms with E-state index in [2.05, 4.69) is 10.3 Å². The number of aliphatic carboxylic acids is 1. The Morgan fingerprint density at radius 3 is 2.68 bits per heavy atom. The number of anilines is 2. The van der Waals surface area contributed by atoms with Crippen molar-refractivity contribution in [1.82, 2.24) is 4.98 Å². The SMILES string of the molecule is COc1ccc(C)cc1Nc1c(CC(=O)O)c(C)nc2ccccc12. The maximum Gasteiger partial charge on any atom is 0.307 e. The third kappa shape index (κ3) is 3.40. The van der Waals surface area contributed by atoms with Crippen LogP contribution in [0.2, 0.25) is 0 Å². The minimum absolute atomic E-state index is 0.0971. The number of aromatic nitrogens is 1. The van der Waals surface area contributed by atoms with Gasteiger partial charge in [0.15, 0.2) is 0 Å². The van der Waals surface area contributed by atoms with E-state index < -0.39 is 5.97 Å². The maximum atomic E-state index is 11.4. The number of methoxy groups -OCH3 is 1. The smallest absolute Gasteiger partial charge is 0.307 e. The highest BCUT2D eigenvalue weighted by atomic mass is 16.5. The number of nitrogens with one attached hydrogen (secondary N) is 1. The van der Waals surface area contributed by atoms with Gasteiger partial charge >= 0.3 is 5.97 Å². The number of rotatable bonds is 5. The van der Waals surface area contributed by atoms with Gasteiger partial charge in [-0.05, 0) is 37.6 Å². The van der Waals surface area contributed by atoms with E-state index in [0.29, 0.717) is 17.0 Å². The molecule has 0 fully saturated rings. The minimum atomic E-state index is -0.889. The predicted molar refractivity (Wildman–Crippen MR) is 98.8 cm³/mol. The topological polar surface area (TPSA) is 71.5 Å². The van der Waals surface area contributed by atoms with Crippen molar-refractivity contribution in [1.29, 1.82) is 0 Å². The lowest BCUT2D eigenvalue weighted by molar-refractivity contribution is -0.136. The molecule has 1 heterocycles. The van der Waals surface area contributed by atoms with Crippen LogP contribution in [0.15, 0.2) is 42.5 Å². The van der Waals surface area contributed by atoms with E-state index >= 15 is 0 Å². The first-order valence-corrected chi connectivity index (χ1v) is 8.01. The zero-order chi connectivity index (χ0) is 18.0. The number of ether oxygens (including phenoxy) is 1. The van der Waals surface area contributed by atoms with Gasteiger partial charge in [-0.25, -0.2) is 0 Å². The molecule has 5 heteroatoms. The number of pyridine rings is 1. The van der Waals surface area contributed by atoms with Gasteiger partial charge in [-0.2, -0.15) is 0 Å². The Balaban J connectivity index is 2.23. The second-order valence-electron chi connectivity index (χ2n) is 5.97. The molecule has 25 heavy (non-hydrogen) atoms. The molecule has 3 aromatic rings. The summed E-state index contributed by atoms with van der Waals surface area (Å²) >= 11 is 0.